The fourth-order valence-electron chi connectivity index (χ4n) is 2.74. The van der Waals surface area contributed by atoms with Crippen molar-refractivity contribution in [1.29, 1.82) is 0 Å². The molecule has 0 unspecified atom stereocenters. The second kappa shape index (κ2) is 4.51. The van der Waals surface area contributed by atoms with Gasteiger partial charge in [0, 0.05) is 27.8 Å². The summed E-state index contributed by atoms with van der Waals surface area (Å²) >= 11 is 1.71. The van der Waals surface area contributed by atoms with Crippen LogP contribution in [-0.2, 0) is 0 Å². The van der Waals surface area contributed by atoms with E-state index in [4.69, 9.17) is 0 Å². The van der Waals surface area contributed by atoms with Crippen LogP contribution in [0.15, 0.2) is 36.7 Å². The van der Waals surface area contributed by atoms with Crippen LogP contribution in [0.3, 0.4) is 0 Å². The van der Waals surface area contributed by atoms with Gasteiger partial charge in [0.1, 0.15) is 6.33 Å². The number of hydrogen-bond acceptors (Lipinski definition) is 5. The van der Waals surface area contributed by atoms with Crippen molar-refractivity contribution in [3.05, 3.63) is 42.4 Å². The van der Waals surface area contributed by atoms with E-state index in [9.17, 15) is 0 Å². The Bertz CT molecular complexity index is 982. The SMILES string of the molecule is c1ccc2c(c1)sc1c(Nc3cc(C4CC4)[nH]n3)ncnc12. The maximum atomic E-state index is 4.45. The van der Waals surface area contributed by atoms with Crippen LogP contribution in [0.1, 0.15) is 24.5 Å². The van der Waals surface area contributed by atoms with Crippen molar-refractivity contribution in [1.82, 2.24) is 20.2 Å². The molecule has 0 atom stereocenters. The molecular formula is C16H13N5S. The lowest BCUT2D eigenvalue weighted by Gasteiger charge is -2.01. The molecule has 3 heterocycles. The average Bonchev–Trinajstić information content (AvgIpc) is 3.17. The van der Waals surface area contributed by atoms with E-state index in [1.807, 2.05) is 12.1 Å². The number of rotatable bonds is 3. The third kappa shape index (κ3) is 1.88. The highest BCUT2D eigenvalue weighted by Gasteiger charge is 2.25. The first-order chi connectivity index (χ1) is 10.9. The lowest BCUT2D eigenvalue weighted by Crippen LogP contribution is -1.94. The van der Waals surface area contributed by atoms with Crippen molar-refractivity contribution in [2.24, 2.45) is 0 Å². The Morgan fingerprint density at radius 3 is 3.00 bits per heavy atom. The second-order valence-electron chi connectivity index (χ2n) is 5.61. The van der Waals surface area contributed by atoms with Crippen molar-refractivity contribution < 1.29 is 0 Å². The molecule has 1 saturated carbocycles. The molecule has 0 spiro atoms. The van der Waals surface area contributed by atoms with Crippen LogP contribution in [0.25, 0.3) is 20.3 Å². The van der Waals surface area contributed by atoms with E-state index in [-0.39, 0.29) is 0 Å². The lowest BCUT2D eigenvalue weighted by atomic mass is 10.2. The Morgan fingerprint density at radius 1 is 1.18 bits per heavy atom. The number of hydrogen-bond donors (Lipinski definition) is 2. The molecule has 0 bridgehead atoms. The summed E-state index contributed by atoms with van der Waals surface area (Å²) in [4.78, 5) is 8.85. The van der Waals surface area contributed by atoms with Gasteiger partial charge in [0.25, 0.3) is 0 Å². The Morgan fingerprint density at radius 2 is 2.09 bits per heavy atom. The molecule has 2 N–H and O–H groups in total. The zero-order valence-electron chi connectivity index (χ0n) is 11.7. The summed E-state index contributed by atoms with van der Waals surface area (Å²) in [6.45, 7) is 0. The number of anilines is 2. The van der Waals surface area contributed by atoms with E-state index in [0.29, 0.717) is 5.92 Å². The fraction of sp³-hybridized carbons (Fsp3) is 0.188. The highest BCUT2D eigenvalue weighted by Crippen LogP contribution is 2.40. The molecule has 0 aliphatic heterocycles. The Kier molecular flexibility index (Phi) is 2.48. The number of nitrogens with zero attached hydrogens (tertiary/aromatic N) is 3. The van der Waals surface area contributed by atoms with E-state index in [0.717, 1.165) is 21.9 Å². The van der Waals surface area contributed by atoms with Gasteiger partial charge >= 0.3 is 0 Å². The number of aromatic amines is 1. The summed E-state index contributed by atoms with van der Waals surface area (Å²) in [6, 6.07) is 10.4. The molecule has 6 heteroatoms. The van der Waals surface area contributed by atoms with Crippen LogP contribution in [0.5, 0.6) is 0 Å². The Balaban J connectivity index is 1.60. The quantitative estimate of drug-likeness (QED) is 0.595. The van der Waals surface area contributed by atoms with E-state index >= 15 is 0 Å². The first kappa shape index (κ1) is 12.1. The number of benzene rings is 1. The summed E-state index contributed by atoms with van der Waals surface area (Å²) in [6.07, 6.45) is 4.13. The summed E-state index contributed by atoms with van der Waals surface area (Å²) in [5.41, 5.74) is 2.21. The summed E-state index contributed by atoms with van der Waals surface area (Å²) in [5.74, 6) is 2.30. The van der Waals surface area contributed by atoms with Gasteiger partial charge in [0.15, 0.2) is 11.6 Å². The molecule has 22 heavy (non-hydrogen) atoms. The number of thiophene rings is 1. The molecule has 3 aromatic heterocycles. The van der Waals surface area contributed by atoms with Gasteiger partial charge < -0.3 is 5.32 Å². The zero-order valence-corrected chi connectivity index (χ0v) is 12.5. The highest BCUT2D eigenvalue weighted by molar-refractivity contribution is 7.26. The van der Waals surface area contributed by atoms with Crippen LogP contribution in [-0.4, -0.2) is 20.2 Å². The first-order valence-electron chi connectivity index (χ1n) is 7.33. The normalized spacial score (nSPS) is 14.7. The van der Waals surface area contributed by atoms with Crippen molar-refractivity contribution >= 4 is 43.3 Å². The highest BCUT2D eigenvalue weighted by atomic mass is 32.1. The topological polar surface area (TPSA) is 66.5 Å². The minimum Gasteiger partial charge on any atom is -0.322 e. The summed E-state index contributed by atoms with van der Waals surface area (Å²) < 4.78 is 2.29. The zero-order chi connectivity index (χ0) is 14.5. The predicted molar refractivity (Wildman–Crippen MR) is 88.8 cm³/mol. The smallest absolute Gasteiger partial charge is 0.153 e. The molecule has 5 rings (SSSR count). The average molecular weight is 307 g/mol. The molecular weight excluding hydrogens is 294 g/mol. The van der Waals surface area contributed by atoms with Gasteiger partial charge in [-0.25, -0.2) is 9.97 Å². The third-order valence-electron chi connectivity index (χ3n) is 4.02. The molecule has 1 aliphatic rings. The van der Waals surface area contributed by atoms with Crippen molar-refractivity contribution in [3.63, 3.8) is 0 Å². The maximum absolute atomic E-state index is 4.45. The van der Waals surface area contributed by atoms with Crippen LogP contribution in [0.4, 0.5) is 11.6 Å². The van der Waals surface area contributed by atoms with Gasteiger partial charge in [-0.1, -0.05) is 18.2 Å². The van der Waals surface area contributed by atoms with Crippen LogP contribution in [0, 0.1) is 0 Å². The van der Waals surface area contributed by atoms with Crippen LogP contribution >= 0.6 is 11.3 Å². The second-order valence-corrected chi connectivity index (χ2v) is 6.66. The molecule has 1 aliphatic carbocycles. The minimum atomic E-state index is 0.665. The van der Waals surface area contributed by atoms with E-state index in [1.165, 1.54) is 28.6 Å². The molecule has 0 radical (unpaired) electrons. The molecule has 5 nitrogen and oxygen atoms in total. The maximum Gasteiger partial charge on any atom is 0.153 e. The van der Waals surface area contributed by atoms with Crippen molar-refractivity contribution in [2.45, 2.75) is 18.8 Å². The third-order valence-corrected chi connectivity index (χ3v) is 5.19. The van der Waals surface area contributed by atoms with Gasteiger partial charge in [0.05, 0.1) is 10.2 Å². The molecule has 1 aromatic carbocycles. The first-order valence-corrected chi connectivity index (χ1v) is 8.15. The Labute approximate surface area is 130 Å². The standard InChI is InChI=1S/C16H13N5S/c1-2-4-12-10(3-1)14-15(22-12)16(18-8-17-14)19-13-7-11(20-21-13)9-5-6-9/h1-4,7-9H,5-6H2,(H2,17,18,19,20,21). The van der Waals surface area contributed by atoms with E-state index < -0.39 is 0 Å². The number of nitrogens with one attached hydrogen (secondary N) is 2. The van der Waals surface area contributed by atoms with Gasteiger partial charge in [-0.3, -0.25) is 5.10 Å². The molecule has 0 amide bonds. The number of H-pyrrole nitrogens is 1. The summed E-state index contributed by atoms with van der Waals surface area (Å²) in [5, 5.41) is 12.0. The Hall–Kier alpha value is -2.47. The van der Waals surface area contributed by atoms with Gasteiger partial charge in [-0.15, -0.1) is 11.3 Å². The number of aromatic nitrogens is 4. The van der Waals surface area contributed by atoms with Crippen LogP contribution < -0.4 is 5.32 Å². The van der Waals surface area contributed by atoms with Crippen molar-refractivity contribution in [2.75, 3.05) is 5.32 Å². The van der Waals surface area contributed by atoms with Crippen molar-refractivity contribution in [3.8, 4) is 0 Å². The van der Waals surface area contributed by atoms with Gasteiger partial charge in [0.2, 0.25) is 0 Å². The largest absolute Gasteiger partial charge is 0.322 e. The molecule has 108 valence electrons. The number of fused-ring (bicyclic) bond motifs is 3. The lowest BCUT2D eigenvalue weighted by molar-refractivity contribution is 0.966. The fourth-order valence-corrected chi connectivity index (χ4v) is 3.84. The van der Waals surface area contributed by atoms with Crippen LogP contribution in [0.2, 0.25) is 0 Å². The van der Waals surface area contributed by atoms with E-state index in [2.05, 4.69) is 43.7 Å². The minimum absolute atomic E-state index is 0.665. The predicted octanol–water partition coefficient (Wildman–Crippen LogP) is 4.19. The molecule has 1 fully saturated rings. The monoisotopic (exact) mass is 307 g/mol. The van der Waals surface area contributed by atoms with E-state index in [1.54, 1.807) is 17.7 Å². The summed E-state index contributed by atoms with van der Waals surface area (Å²) in [7, 11) is 0. The van der Waals surface area contributed by atoms with Gasteiger partial charge in [-0.2, -0.15) is 5.10 Å². The van der Waals surface area contributed by atoms with Gasteiger partial charge in [-0.05, 0) is 18.9 Å². The molecule has 0 saturated heterocycles. The molecule has 4 aromatic rings.